The lowest BCUT2D eigenvalue weighted by Crippen LogP contribution is -2.52. The van der Waals surface area contributed by atoms with E-state index in [-0.39, 0.29) is 6.04 Å². The number of nitrogens with one attached hydrogen (secondary N) is 1. The highest BCUT2D eigenvalue weighted by molar-refractivity contribution is 5.82. The van der Waals surface area contributed by atoms with Crippen molar-refractivity contribution in [3.63, 3.8) is 0 Å². The summed E-state index contributed by atoms with van der Waals surface area (Å²) in [6.07, 6.45) is 8.47. The van der Waals surface area contributed by atoms with E-state index >= 15 is 0 Å². The molecule has 0 aromatic rings. The number of rotatable bonds is 4. The maximum Gasteiger partial charge on any atom is 0.239 e. The summed E-state index contributed by atoms with van der Waals surface area (Å²) in [7, 11) is 0. The fraction of sp³-hybridized carbons (Fsp3) is 0.933. The van der Waals surface area contributed by atoms with Gasteiger partial charge in [0.05, 0.1) is 6.04 Å². The molecule has 3 nitrogen and oxygen atoms in total. The third kappa shape index (κ3) is 3.47. The molecule has 3 heteroatoms. The lowest BCUT2D eigenvalue weighted by molar-refractivity contribution is -0.137. The van der Waals surface area contributed by atoms with Gasteiger partial charge in [0.15, 0.2) is 0 Å². The molecule has 0 aromatic carbocycles. The van der Waals surface area contributed by atoms with Crippen molar-refractivity contribution in [3.8, 4) is 0 Å². The third-order valence-electron chi connectivity index (χ3n) is 4.22. The molecule has 0 aromatic heterocycles. The van der Waals surface area contributed by atoms with E-state index in [4.69, 9.17) is 0 Å². The summed E-state index contributed by atoms with van der Waals surface area (Å²) < 4.78 is 0. The molecule has 1 amide bonds. The van der Waals surface area contributed by atoms with Crippen molar-refractivity contribution in [1.29, 1.82) is 0 Å². The van der Waals surface area contributed by atoms with Crippen LogP contribution in [0.15, 0.2) is 0 Å². The standard InChI is InChI=1S/C15H28N2O/c1-12(2)11-17(13-7-3-4-8-13)15(18)14-9-5-6-10-16-14/h12-14,16H,3-11H2,1-2H3/t14-/m1/s1. The monoisotopic (exact) mass is 252 g/mol. The Labute approximate surface area is 111 Å². The van der Waals surface area contributed by atoms with Gasteiger partial charge < -0.3 is 10.2 Å². The quantitative estimate of drug-likeness (QED) is 0.834. The summed E-state index contributed by atoms with van der Waals surface area (Å²) in [5.41, 5.74) is 0. The molecule has 1 saturated heterocycles. The van der Waals surface area contributed by atoms with E-state index in [0.717, 1.165) is 19.5 Å². The van der Waals surface area contributed by atoms with Gasteiger partial charge in [-0.05, 0) is 38.1 Å². The Morgan fingerprint density at radius 2 is 1.83 bits per heavy atom. The van der Waals surface area contributed by atoms with Gasteiger partial charge in [0.2, 0.25) is 5.91 Å². The van der Waals surface area contributed by atoms with E-state index in [1.807, 2.05) is 0 Å². The van der Waals surface area contributed by atoms with E-state index in [0.29, 0.717) is 17.9 Å². The first-order valence-corrected chi connectivity index (χ1v) is 7.72. The fourth-order valence-electron chi connectivity index (χ4n) is 3.29. The highest BCUT2D eigenvalue weighted by Crippen LogP contribution is 2.25. The Bertz CT molecular complexity index is 266. The summed E-state index contributed by atoms with van der Waals surface area (Å²) in [6, 6.07) is 0.613. The molecule has 0 radical (unpaired) electrons. The highest BCUT2D eigenvalue weighted by Gasteiger charge is 2.32. The van der Waals surface area contributed by atoms with Crippen molar-refractivity contribution in [2.45, 2.75) is 70.9 Å². The minimum atomic E-state index is 0.0955. The Hall–Kier alpha value is -0.570. The fourth-order valence-corrected chi connectivity index (χ4v) is 3.29. The molecule has 0 unspecified atom stereocenters. The number of carbonyl (C=O) groups is 1. The molecule has 1 heterocycles. The molecule has 1 saturated carbocycles. The van der Waals surface area contributed by atoms with Crippen molar-refractivity contribution >= 4 is 5.91 Å². The molecule has 2 rings (SSSR count). The topological polar surface area (TPSA) is 32.3 Å². The van der Waals surface area contributed by atoms with E-state index in [2.05, 4.69) is 24.1 Å². The number of nitrogens with zero attached hydrogens (tertiary/aromatic N) is 1. The molecule has 1 aliphatic carbocycles. The molecule has 104 valence electrons. The van der Waals surface area contributed by atoms with Crippen LogP contribution in [-0.2, 0) is 4.79 Å². The average Bonchev–Trinajstić information content (AvgIpc) is 2.89. The van der Waals surface area contributed by atoms with Crippen molar-refractivity contribution in [3.05, 3.63) is 0 Å². The summed E-state index contributed by atoms with van der Waals surface area (Å²) in [5.74, 6) is 0.938. The second-order valence-corrected chi connectivity index (χ2v) is 6.33. The highest BCUT2D eigenvalue weighted by atomic mass is 16.2. The van der Waals surface area contributed by atoms with Gasteiger partial charge in [-0.15, -0.1) is 0 Å². The van der Waals surface area contributed by atoms with Gasteiger partial charge in [-0.2, -0.15) is 0 Å². The van der Waals surface area contributed by atoms with E-state index in [1.54, 1.807) is 0 Å². The number of amides is 1. The Balaban J connectivity index is 1.99. The summed E-state index contributed by atoms with van der Waals surface area (Å²) >= 11 is 0. The smallest absolute Gasteiger partial charge is 0.239 e. The SMILES string of the molecule is CC(C)CN(C(=O)[C@H]1CCCCN1)C1CCCC1. The van der Waals surface area contributed by atoms with Gasteiger partial charge >= 0.3 is 0 Å². The van der Waals surface area contributed by atoms with Crippen LogP contribution in [0.4, 0.5) is 0 Å². The number of carbonyl (C=O) groups excluding carboxylic acids is 1. The number of piperidine rings is 1. The molecule has 1 N–H and O–H groups in total. The minimum Gasteiger partial charge on any atom is -0.338 e. The maximum absolute atomic E-state index is 12.7. The predicted octanol–water partition coefficient (Wildman–Crippen LogP) is 2.56. The minimum absolute atomic E-state index is 0.0955. The van der Waals surface area contributed by atoms with Crippen molar-refractivity contribution in [2.24, 2.45) is 5.92 Å². The first kappa shape index (κ1) is 13.9. The molecule has 0 spiro atoms. The normalized spacial score (nSPS) is 25.6. The molecule has 2 aliphatic rings. The van der Waals surface area contributed by atoms with Crippen LogP contribution >= 0.6 is 0 Å². The van der Waals surface area contributed by atoms with Crippen LogP contribution in [-0.4, -0.2) is 36.0 Å². The van der Waals surface area contributed by atoms with Crippen molar-refractivity contribution < 1.29 is 4.79 Å². The molecule has 2 fully saturated rings. The summed E-state index contributed by atoms with van der Waals surface area (Å²) in [4.78, 5) is 14.9. The number of hydrogen-bond acceptors (Lipinski definition) is 2. The van der Waals surface area contributed by atoms with Gasteiger partial charge in [-0.1, -0.05) is 33.1 Å². The summed E-state index contributed by atoms with van der Waals surface area (Å²) in [5, 5.41) is 3.40. The van der Waals surface area contributed by atoms with Gasteiger partial charge in [0, 0.05) is 12.6 Å². The lowest BCUT2D eigenvalue weighted by atomic mass is 10.0. The lowest BCUT2D eigenvalue weighted by Gasteiger charge is -2.35. The Morgan fingerprint density at radius 3 is 2.39 bits per heavy atom. The van der Waals surface area contributed by atoms with Gasteiger partial charge in [0.25, 0.3) is 0 Å². The second-order valence-electron chi connectivity index (χ2n) is 6.33. The van der Waals surface area contributed by atoms with E-state index in [1.165, 1.54) is 38.5 Å². The molecule has 0 bridgehead atoms. The first-order chi connectivity index (χ1) is 8.68. The van der Waals surface area contributed by atoms with Crippen LogP contribution in [0.25, 0.3) is 0 Å². The zero-order valence-electron chi connectivity index (χ0n) is 12.0. The molecule has 1 atom stereocenters. The van der Waals surface area contributed by atoms with Crippen LogP contribution in [0.2, 0.25) is 0 Å². The third-order valence-corrected chi connectivity index (χ3v) is 4.22. The van der Waals surface area contributed by atoms with Crippen LogP contribution < -0.4 is 5.32 Å². The Kier molecular flexibility index (Phi) is 5.04. The van der Waals surface area contributed by atoms with E-state index in [9.17, 15) is 4.79 Å². The second kappa shape index (κ2) is 6.55. The molecule has 18 heavy (non-hydrogen) atoms. The average molecular weight is 252 g/mol. The van der Waals surface area contributed by atoms with Crippen LogP contribution in [0.1, 0.15) is 58.8 Å². The molecular weight excluding hydrogens is 224 g/mol. The largest absolute Gasteiger partial charge is 0.338 e. The summed E-state index contributed by atoms with van der Waals surface area (Å²) in [6.45, 7) is 6.37. The first-order valence-electron chi connectivity index (χ1n) is 7.72. The zero-order chi connectivity index (χ0) is 13.0. The van der Waals surface area contributed by atoms with Crippen molar-refractivity contribution in [1.82, 2.24) is 10.2 Å². The van der Waals surface area contributed by atoms with E-state index < -0.39 is 0 Å². The van der Waals surface area contributed by atoms with Gasteiger partial charge in [-0.25, -0.2) is 0 Å². The van der Waals surface area contributed by atoms with Crippen LogP contribution in [0, 0.1) is 5.92 Å². The maximum atomic E-state index is 12.7. The van der Waals surface area contributed by atoms with Crippen LogP contribution in [0.3, 0.4) is 0 Å². The van der Waals surface area contributed by atoms with Crippen LogP contribution in [0.5, 0.6) is 0 Å². The van der Waals surface area contributed by atoms with Crippen molar-refractivity contribution in [2.75, 3.05) is 13.1 Å². The van der Waals surface area contributed by atoms with Gasteiger partial charge in [0.1, 0.15) is 0 Å². The predicted molar refractivity (Wildman–Crippen MR) is 74.4 cm³/mol. The number of hydrogen-bond donors (Lipinski definition) is 1. The Morgan fingerprint density at radius 1 is 1.17 bits per heavy atom. The zero-order valence-corrected chi connectivity index (χ0v) is 12.0. The molecule has 1 aliphatic heterocycles. The molecular formula is C15H28N2O. The van der Waals surface area contributed by atoms with Gasteiger partial charge in [-0.3, -0.25) is 4.79 Å².